The van der Waals surface area contributed by atoms with E-state index in [0.717, 1.165) is 11.1 Å². The zero-order valence-corrected chi connectivity index (χ0v) is 11.7. The number of carbonyl (C=O) groups is 2. The van der Waals surface area contributed by atoms with Crippen LogP contribution in [0.5, 0.6) is 0 Å². The molecule has 0 aliphatic carbocycles. The molecule has 1 N–H and O–H groups in total. The van der Waals surface area contributed by atoms with E-state index in [0.29, 0.717) is 25.1 Å². The number of amides is 2. The molecule has 1 atom stereocenters. The zero-order chi connectivity index (χ0) is 14.0. The molecule has 2 amide bonds. The van der Waals surface area contributed by atoms with Gasteiger partial charge in [-0.2, -0.15) is 0 Å². The molecule has 0 saturated carbocycles. The SMILES string of the molecule is CCC1C(=O)NCCN1C(=O)c1cccc(C)c1C. The van der Waals surface area contributed by atoms with E-state index in [-0.39, 0.29) is 17.9 Å². The van der Waals surface area contributed by atoms with Gasteiger partial charge in [-0.15, -0.1) is 0 Å². The number of nitrogens with one attached hydrogen (secondary N) is 1. The lowest BCUT2D eigenvalue weighted by Crippen LogP contribution is -2.57. The molecule has 0 spiro atoms. The maximum atomic E-state index is 12.6. The van der Waals surface area contributed by atoms with Crippen molar-refractivity contribution in [2.24, 2.45) is 0 Å². The van der Waals surface area contributed by atoms with E-state index in [1.165, 1.54) is 0 Å². The van der Waals surface area contributed by atoms with Gasteiger partial charge in [0, 0.05) is 18.7 Å². The molecule has 102 valence electrons. The van der Waals surface area contributed by atoms with Crippen LogP contribution in [-0.2, 0) is 4.79 Å². The molecule has 1 aliphatic rings. The third-order valence-corrected chi connectivity index (χ3v) is 3.81. The molecule has 1 saturated heterocycles. The Balaban J connectivity index is 2.32. The summed E-state index contributed by atoms with van der Waals surface area (Å²) in [4.78, 5) is 26.1. The zero-order valence-electron chi connectivity index (χ0n) is 11.7. The molecule has 1 aromatic rings. The standard InChI is InChI=1S/C15H20N2O2/c1-4-13-14(18)16-8-9-17(13)15(19)12-7-5-6-10(2)11(12)3/h5-7,13H,4,8-9H2,1-3H3,(H,16,18). The number of carbonyl (C=O) groups excluding carboxylic acids is 2. The first kappa shape index (κ1) is 13.6. The molecule has 2 rings (SSSR count). The van der Waals surface area contributed by atoms with Crippen molar-refractivity contribution < 1.29 is 9.59 Å². The average molecular weight is 260 g/mol. The summed E-state index contributed by atoms with van der Waals surface area (Å²) >= 11 is 0. The van der Waals surface area contributed by atoms with Gasteiger partial charge in [-0.25, -0.2) is 0 Å². The smallest absolute Gasteiger partial charge is 0.254 e. The van der Waals surface area contributed by atoms with Gasteiger partial charge in [-0.1, -0.05) is 19.1 Å². The van der Waals surface area contributed by atoms with Crippen molar-refractivity contribution in [1.29, 1.82) is 0 Å². The van der Waals surface area contributed by atoms with Gasteiger partial charge < -0.3 is 10.2 Å². The second kappa shape index (κ2) is 5.43. The molecule has 1 fully saturated rings. The van der Waals surface area contributed by atoms with Crippen molar-refractivity contribution in [3.05, 3.63) is 34.9 Å². The van der Waals surface area contributed by atoms with Gasteiger partial charge in [0.25, 0.3) is 5.91 Å². The van der Waals surface area contributed by atoms with Crippen molar-refractivity contribution in [3.8, 4) is 0 Å². The minimum absolute atomic E-state index is 0.0390. The molecule has 4 nitrogen and oxygen atoms in total. The van der Waals surface area contributed by atoms with E-state index in [1.807, 2.05) is 39.0 Å². The molecule has 4 heteroatoms. The van der Waals surface area contributed by atoms with Crippen LogP contribution in [0.15, 0.2) is 18.2 Å². The number of rotatable bonds is 2. The molecule has 0 bridgehead atoms. The second-order valence-electron chi connectivity index (χ2n) is 4.96. The quantitative estimate of drug-likeness (QED) is 0.879. The Bertz CT molecular complexity index is 511. The highest BCUT2D eigenvalue weighted by atomic mass is 16.2. The lowest BCUT2D eigenvalue weighted by molar-refractivity contribution is -0.127. The molecule has 1 heterocycles. The first-order chi connectivity index (χ1) is 9.06. The van der Waals surface area contributed by atoms with Crippen molar-refractivity contribution in [1.82, 2.24) is 10.2 Å². The molecular weight excluding hydrogens is 240 g/mol. The molecule has 0 radical (unpaired) electrons. The van der Waals surface area contributed by atoms with Crippen molar-refractivity contribution >= 4 is 11.8 Å². The Hall–Kier alpha value is -1.84. The van der Waals surface area contributed by atoms with Crippen LogP contribution in [0.4, 0.5) is 0 Å². The van der Waals surface area contributed by atoms with Crippen LogP contribution >= 0.6 is 0 Å². The molecule has 0 aromatic heterocycles. The highest BCUT2D eigenvalue weighted by molar-refractivity contribution is 5.99. The first-order valence-electron chi connectivity index (χ1n) is 6.71. The van der Waals surface area contributed by atoms with Gasteiger partial charge in [0.1, 0.15) is 6.04 Å². The lowest BCUT2D eigenvalue weighted by atomic mass is 10.0. The van der Waals surface area contributed by atoms with E-state index in [2.05, 4.69) is 5.32 Å². The minimum atomic E-state index is -0.346. The molecule has 1 aliphatic heterocycles. The Labute approximate surface area is 113 Å². The number of piperazine rings is 1. The van der Waals surface area contributed by atoms with Crippen LogP contribution in [0.1, 0.15) is 34.8 Å². The van der Waals surface area contributed by atoms with Crippen LogP contribution in [0.2, 0.25) is 0 Å². The minimum Gasteiger partial charge on any atom is -0.353 e. The lowest BCUT2D eigenvalue weighted by Gasteiger charge is -2.35. The number of aryl methyl sites for hydroxylation is 1. The fraction of sp³-hybridized carbons (Fsp3) is 0.467. The normalized spacial score (nSPS) is 19.2. The van der Waals surface area contributed by atoms with Gasteiger partial charge >= 0.3 is 0 Å². The summed E-state index contributed by atoms with van der Waals surface area (Å²) in [5.41, 5.74) is 2.79. The summed E-state index contributed by atoms with van der Waals surface area (Å²) in [7, 11) is 0. The Kier molecular flexibility index (Phi) is 3.88. The van der Waals surface area contributed by atoms with Crippen LogP contribution in [0.25, 0.3) is 0 Å². The fourth-order valence-electron chi connectivity index (χ4n) is 2.50. The third-order valence-electron chi connectivity index (χ3n) is 3.81. The highest BCUT2D eigenvalue weighted by Crippen LogP contribution is 2.18. The van der Waals surface area contributed by atoms with Crippen LogP contribution in [0, 0.1) is 13.8 Å². The van der Waals surface area contributed by atoms with Gasteiger partial charge in [0.15, 0.2) is 0 Å². The number of hydrogen-bond acceptors (Lipinski definition) is 2. The Morgan fingerprint density at radius 2 is 2.16 bits per heavy atom. The van der Waals surface area contributed by atoms with Crippen molar-refractivity contribution in [3.63, 3.8) is 0 Å². The fourth-order valence-corrected chi connectivity index (χ4v) is 2.50. The van der Waals surface area contributed by atoms with Gasteiger partial charge in [-0.3, -0.25) is 9.59 Å². The third kappa shape index (κ3) is 2.48. The summed E-state index contributed by atoms with van der Waals surface area (Å²) < 4.78 is 0. The summed E-state index contributed by atoms with van der Waals surface area (Å²) in [5, 5.41) is 2.81. The molecule has 19 heavy (non-hydrogen) atoms. The van der Waals surface area contributed by atoms with Crippen molar-refractivity contribution in [2.45, 2.75) is 33.2 Å². The predicted octanol–water partition coefficient (Wildman–Crippen LogP) is 1.65. The Morgan fingerprint density at radius 1 is 1.42 bits per heavy atom. The molecule has 1 aromatic carbocycles. The first-order valence-corrected chi connectivity index (χ1v) is 6.71. The van der Waals surface area contributed by atoms with E-state index in [1.54, 1.807) is 4.90 Å². The van der Waals surface area contributed by atoms with E-state index >= 15 is 0 Å². The van der Waals surface area contributed by atoms with Gasteiger partial charge in [-0.05, 0) is 37.5 Å². The largest absolute Gasteiger partial charge is 0.353 e. The average Bonchev–Trinajstić information content (AvgIpc) is 2.41. The molecule has 1 unspecified atom stereocenters. The molecular formula is C15H20N2O2. The van der Waals surface area contributed by atoms with E-state index in [4.69, 9.17) is 0 Å². The number of benzene rings is 1. The van der Waals surface area contributed by atoms with Crippen LogP contribution < -0.4 is 5.32 Å². The number of nitrogens with zero attached hydrogens (tertiary/aromatic N) is 1. The van der Waals surface area contributed by atoms with Crippen molar-refractivity contribution in [2.75, 3.05) is 13.1 Å². The van der Waals surface area contributed by atoms with Gasteiger partial charge in [0.2, 0.25) is 5.91 Å². The summed E-state index contributed by atoms with van der Waals surface area (Å²) in [5.74, 6) is -0.0877. The highest BCUT2D eigenvalue weighted by Gasteiger charge is 2.32. The van der Waals surface area contributed by atoms with Crippen LogP contribution in [-0.4, -0.2) is 35.8 Å². The van der Waals surface area contributed by atoms with Crippen LogP contribution in [0.3, 0.4) is 0 Å². The topological polar surface area (TPSA) is 49.4 Å². The predicted molar refractivity (Wildman–Crippen MR) is 74.0 cm³/mol. The Morgan fingerprint density at radius 3 is 2.84 bits per heavy atom. The summed E-state index contributed by atoms with van der Waals surface area (Å²) in [6.45, 7) is 6.99. The van der Waals surface area contributed by atoms with Gasteiger partial charge in [0.05, 0.1) is 0 Å². The number of hydrogen-bond donors (Lipinski definition) is 1. The van der Waals surface area contributed by atoms with E-state index in [9.17, 15) is 9.59 Å². The maximum absolute atomic E-state index is 12.6. The summed E-state index contributed by atoms with van der Waals surface area (Å²) in [6, 6.07) is 5.37. The maximum Gasteiger partial charge on any atom is 0.254 e. The van der Waals surface area contributed by atoms with E-state index < -0.39 is 0 Å². The second-order valence-corrected chi connectivity index (χ2v) is 4.96. The summed E-state index contributed by atoms with van der Waals surface area (Å²) in [6.07, 6.45) is 0.641. The monoisotopic (exact) mass is 260 g/mol.